The fraction of sp³-hybridized carbons (Fsp3) is 0.261. The van der Waals surface area contributed by atoms with Crippen LogP contribution < -0.4 is 9.62 Å². The Hall–Kier alpha value is -2.90. The second-order valence-corrected chi connectivity index (χ2v) is 9.25. The number of nitrogens with one attached hydrogen (secondary N) is 1. The monoisotopic (exact) mass is 422 g/mol. The second-order valence-electron chi connectivity index (χ2n) is 7.57. The van der Waals surface area contributed by atoms with Crippen molar-refractivity contribution in [1.82, 2.24) is 9.88 Å². The van der Waals surface area contributed by atoms with Gasteiger partial charge in [-0.3, -0.25) is 9.62 Å². The molecule has 1 N–H and O–H groups in total. The molecule has 2 heterocycles. The normalized spacial score (nSPS) is 15.2. The van der Waals surface area contributed by atoms with Gasteiger partial charge in [0.25, 0.3) is 10.0 Å². The Morgan fingerprint density at radius 1 is 0.900 bits per heavy atom. The van der Waals surface area contributed by atoms with Crippen molar-refractivity contribution in [3.05, 3.63) is 84.1 Å². The maximum absolute atomic E-state index is 12.5. The minimum Gasteiger partial charge on any atom is -0.354 e. The number of hydrogen-bond acceptors (Lipinski definition) is 5. The summed E-state index contributed by atoms with van der Waals surface area (Å²) in [6, 6.07) is 20.5. The molecule has 1 saturated heterocycles. The summed E-state index contributed by atoms with van der Waals surface area (Å²) in [6.07, 6.45) is 1.83. The third-order valence-corrected chi connectivity index (χ3v) is 6.69. The van der Waals surface area contributed by atoms with E-state index in [9.17, 15) is 8.42 Å². The van der Waals surface area contributed by atoms with E-state index in [1.165, 1.54) is 5.56 Å². The van der Waals surface area contributed by atoms with E-state index in [1.54, 1.807) is 24.3 Å². The van der Waals surface area contributed by atoms with Crippen LogP contribution in [0.25, 0.3) is 0 Å². The summed E-state index contributed by atoms with van der Waals surface area (Å²) < 4.78 is 27.7. The van der Waals surface area contributed by atoms with E-state index in [-0.39, 0.29) is 4.90 Å². The summed E-state index contributed by atoms with van der Waals surface area (Å²) >= 11 is 0. The Balaban J connectivity index is 1.32. The van der Waals surface area contributed by atoms with Gasteiger partial charge in [0, 0.05) is 44.6 Å². The maximum atomic E-state index is 12.5. The quantitative estimate of drug-likeness (QED) is 0.659. The molecule has 0 saturated carbocycles. The zero-order valence-corrected chi connectivity index (χ0v) is 17.8. The molecule has 0 aliphatic carbocycles. The molecular formula is C23H26N4O2S. The van der Waals surface area contributed by atoms with Crippen molar-refractivity contribution < 1.29 is 8.42 Å². The fourth-order valence-corrected chi connectivity index (χ4v) is 4.60. The molecule has 0 spiro atoms. The van der Waals surface area contributed by atoms with Gasteiger partial charge in [0.15, 0.2) is 0 Å². The molecule has 30 heavy (non-hydrogen) atoms. The molecule has 0 bridgehead atoms. The zero-order valence-electron chi connectivity index (χ0n) is 17.0. The van der Waals surface area contributed by atoms with Crippen LogP contribution in [0.3, 0.4) is 0 Å². The third kappa shape index (κ3) is 4.98. The van der Waals surface area contributed by atoms with Crippen LogP contribution >= 0.6 is 0 Å². The number of hydrogen-bond donors (Lipinski definition) is 1. The van der Waals surface area contributed by atoms with E-state index in [2.05, 4.69) is 19.5 Å². The van der Waals surface area contributed by atoms with Gasteiger partial charge in [-0.25, -0.2) is 13.4 Å². The number of nitrogens with zero attached hydrogens (tertiary/aromatic N) is 3. The number of aromatic nitrogens is 1. The molecule has 1 aromatic heterocycles. The zero-order chi connectivity index (χ0) is 21.0. The summed E-state index contributed by atoms with van der Waals surface area (Å²) in [5.74, 6) is 1.03. The Kier molecular flexibility index (Phi) is 6.01. The van der Waals surface area contributed by atoms with E-state index in [1.807, 2.05) is 55.6 Å². The van der Waals surface area contributed by atoms with Gasteiger partial charge in [-0.15, -0.1) is 0 Å². The Bertz CT molecular complexity index is 1060. The number of piperazine rings is 1. The van der Waals surface area contributed by atoms with Crippen LogP contribution in [-0.2, 0) is 16.6 Å². The predicted octanol–water partition coefficient (Wildman–Crippen LogP) is 3.51. The minimum absolute atomic E-state index is 0.267. The molecule has 6 nitrogen and oxygen atoms in total. The largest absolute Gasteiger partial charge is 0.354 e. The molecule has 156 valence electrons. The van der Waals surface area contributed by atoms with Gasteiger partial charge in [-0.2, -0.15) is 0 Å². The average Bonchev–Trinajstić information content (AvgIpc) is 2.76. The average molecular weight is 423 g/mol. The van der Waals surface area contributed by atoms with E-state index in [0.29, 0.717) is 5.69 Å². The number of anilines is 2. The Morgan fingerprint density at radius 2 is 1.60 bits per heavy atom. The lowest BCUT2D eigenvalue weighted by Gasteiger charge is -2.35. The first-order valence-electron chi connectivity index (χ1n) is 10.1. The highest BCUT2D eigenvalue weighted by Gasteiger charge is 2.18. The fourth-order valence-electron chi connectivity index (χ4n) is 3.54. The lowest BCUT2D eigenvalue weighted by molar-refractivity contribution is 0.249. The first-order valence-corrected chi connectivity index (χ1v) is 11.5. The molecular weight excluding hydrogens is 396 g/mol. The highest BCUT2D eigenvalue weighted by molar-refractivity contribution is 7.92. The van der Waals surface area contributed by atoms with Gasteiger partial charge in [-0.1, -0.05) is 35.9 Å². The van der Waals surface area contributed by atoms with Crippen LogP contribution in [0.1, 0.15) is 11.1 Å². The lowest BCUT2D eigenvalue weighted by Crippen LogP contribution is -2.46. The van der Waals surface area contributed by atoms with Crippen LogP contribution in [0.4, 0.5) is 11.5 Å². The first-order chi connectivity index (χ1) is 14.5. The summed E-state index contributed by atoms with van der Waals surface area (Å²) in [4.78, 5) is 9.41. The van der Waals surface area contributed by atoms with Crippen molar-refractivity contribution in [3.8, 4) is 0 Å². The van der Waals surface area contributed by atoms with Crippen molar-refractivity contribution in [2.45, 2.75) is 18.4 Å². The van der Waals surface area contributed by atoms with Crippen LogP contribution in [0.2, 0.25) is 0 Å². The molecule has 1 fully saturated rings. The van der Waals surface area contributed by atoms with E-state index >= 15 is 0 Å². The molecule has 1 aliphatic rings. The summed E-state index contributed by atoms with van der Waals surface area (Å²) in [6.45, 7) is 6.62. The highest BCUT2D eigenvalue weighted by atomic mass is 32.2. The highest BCUT2D eigenvalue weighted by Crippen LogP contribution is 2.19. The molecule has 7 heteroatoms. The SMILES string of the molecule is Cc1ccc(S(=O)(=O)Nc2ccc(CN3CCN(c4ccccn4)CC3)cc2)cc1. The van der Waals surface area contributed by atoms with E-state index in [0.717, 1.165) is 44.1 Å². The van der Waals surface area contributed by atoms with Crippen molar-refractivity contribution in [1.29, 1.82) is 0 Å². The molecule has 0 amide bonds. The number of rotatable bonds is 6. The molecule has 3 aromatic rings. The summed E-state index contributed by atoms with van der Waals surface area (Å²) in [5.41, 5.74) is 2.76. The van der Waals surface area contributed by atoms with Gasteiger partial charge in [0.05, 0.1) is 4.90 Å². The topological polar surface area (TPSA) is 65.5 Å². The van der Waals surface area contributed by atoms with Gasteiger partial charge in [0.2, 0.25) is 0 Å². The summed E-state index contributed by atoms with van der Waals surface area (Å²) in [7, 11) is -3.57. The molecule has 0 unspecified atom stereocenters. The number of pyridine rings is 1. The lowest BCUT2D eigenvalue weighted by atomic mass is 10.2. The van der Waals surface area contributed by atoms with Crippen molar-refractivity contribution in [3.63, 3.8) is 0 Å². The molecule has 2 aromatic carbocycles. The first kappa shape index (κ1) is 20.4. The second kappa shape index (κ2) is 8.85. The minimum atomic E-state index is -3.57. The number of sulfonamides is 1. The maximum Gasteiger partial charge on any atom is 0.261 e. The summed E-state index contributed by atoms with van der Waals surface area (Å²) in [5, 5.41) is 0. The van der Waals surface area contributed by atoms with Crippen molar-refractivity contribution >= 4 is 21.5 Å². The Morgan fingerprint density at radius 3 is 2.23 bits per heavy atom. The van der Waals surface area contributed by atoms with E-state index < -0.39 is 10.0 Å². The van der Waals surface area contributed by atoms with Crippen molar-refractivity contribution in [2.75, 3.05) is 35.8 Å². The van der Waals surface area contributed by atoms with Crippen LogP contribution in [-0.4, -0.2) is 44.5 Å². The molecule has 0 radical (unpaired) electrons. The van der Waals surface area contributed by atoms with Gasteiger partial charge in [0.1, 0.15) is 5.82 Å². The number of aryl methyl sites for hydroxylation is 1. The predicted molar refractivity (Wildman–Crippen MR) is 120 cm³/mol. The Labute approximate surface area is 178 Å². The van der Waals surface area contributed by atoms with Crippen LogP contribution in [0, 0.1) is 6.92 Å². The standard InChI is InChI=1S/C23H26N4O2S/c1-19-5-11-22(12-6-19)30(28,29)25-21-9-7-20(8-10-21)18-26-14-16-27(17-15-26)23-4-2-3-13-24-23/h2-13,25H,14-18H2,1H3. The number of benzene rings is 2. The molecule has 1 aliphatic heterocycles. The molecule has 4 rings (SSSR count). The van der Waals surface area contributed by atoms with Gasteiger partial charge >= 0.3 is 0 Å². The third-order valence-electron chi connectivity index (χ3n) is 5.29. The van der Waals surface area contributed by atoms with Gasteiger partial charge in [-0.05, 0) is 48.9 Å². The smallest absolute Gasteiger partial charge is 0.261 e. The van der Waals surface area contributed by atoms with Gasteiger partial charge < -0.3 is 4.90 Å². The van der Waals surface area contributed by atoms with E-state index in [4.69, 9.17) is 0 Å². The van der Waals surface area contributed by atoms with Crippen LogP contribution in [0.15, 0.2) is 77.8 Å². The van der Waals surface area contributed by atoms with Crippen molar-refractivity contribution in [2.24, 2.45) is 0 Å². The molecule has 0 atom stereocenters. The van der Waals surface area contributed by atoms with Crippen LogP contribution in [0.5, 0.6) is 0 Å².